The Balaban J connectivity index is 3.12. The summed E-state index contributed by atoms with van der Waals surface area (Å²) in [7, 11) is 0. The smallest absolute Gasteiger partial charge is 0.0700 e. The molecule has 0 spiro atoms. The third kappa shape index (κ3) is 16.0. The van der Waals surface area contributed by atoms with E-state index in [0.29, 0.717) is 0 Å². The molecule has 0 aliphatic heterocycles. The Bertz CT molecular complexity index is 217. The molecule has 0 N–H and O–H groups in total. The Morgan fingerprint density at radius 2 is 0.917 bits per heavy atom. The fourth-order valence-electron chi connectivity index (χ4n) is 2.23. The molecule has 0 amide bonds. The average Bonchev–Trinajstić information content (AvgIpc) is 2.62. The Kier molecular flexibility index (Phi) is 20.3. The van der Waals surface area contributed by atoms with Crippen LogP contribution in [0.2, 0.25) is 0 Å². The van der Waals surface area contributed by atoms with Crippen molar-refractivity contribution in [3.8, 4) is 0 Å². The monoisotopic (exact) mass is 380 g/mol. The first kappa shape index (κ1) is 24.5. The number of ether oxygens (including phenoxy) is 2. The summed E-state index contributed by atoms with van der Waals surface area (Å²) >= 11 is 3.96. The van der Waals surface area contributed by atoms with Crippen LogP contribution >= 0.6 is 23.5 Å². The highest BCUT2D eigenvalue weighted by Gasteiger charge is 1.99. The third-order valence-corrected chi connectivity index (χ3v) is 5.86. The van der Waals surface area contributed by atoms with E-state index < -0.39 is 0 Å². The molecule has 0 aliphatic rings. The first-order valence-electron chi connectivity index (χ1n) is 9.54. The van der Waals surface area contributed by atoms with Gasteiger partial charge in [-0.1, -0.05) is 27.7 Å². The van der Waals surface area contributed by atoms with Crippen molar-refractivity contribution in [3.05, 3.63) is 0 Å². The van der Waals surface area contributed by atoms with E-state index in [0.717, 1.165) is 64.1 Å². The molecule has 146 valence electrons. The van der Waals surface area contributed by atoms with E-state index in [1.165, 1.54) is 24.6 Å². The van der Waals surface area contributed by atoms with Crippen LogP contribution in [-0.4, -0.2) is 98.5 Å². The zero-order valence-electron chi connectivity index (χ0n) is 16.4. The molecule has 0 heterocycles. The summed E-state index contributed by atoms with van der Waals surface area (Å²) in [6.07, 6.45) is 0. The van der Waals surface area contributed by atoms with E-state index >= 15 is 0 Å². The van der Waals surface area contributed by atoms with Gasteiger partial charge in [-0.3, -0.25) is 0 Å². The molecule has 0 bridgehead atoms. The average molecular weight is 381 g/mol. The molecule has 0 radical (unpaired) electrons. The Morgan fingerprint density at radius 1 is 0.542 bits per heavy atom. The zero-order chi connectivity index (χ0) is 17.9. The highest BCUT2D eigenvalue weighted by atomic mass is 32.2. The highest BCUT2D eigenvalue weighted by molar-refractivity contribution is 7.99. The van der Waals surface area contributed by atoms with Gasteiger partial charge in [0.2, 0.25) is 0 Å². The van der Waals surface area contributed by atoms with Crippen molar-refractivity contribution in [1.82, 2.24) is 9.80 Å². The van der Waals surface area contributed by atoms with Crippen LogP contribution in [0.3, 0.4) is 0 Å². The molecule has 0 rings (SSSR count). The minimum absolute atomic E-state index is 0.723. The molecule has 0 aliphatic carbocycles. The molecule has 0 fully saturated rings. The molecular formula is C18H40N2O2S2. The summed E-state index contributed by atoms with van der Waals surface area (Å²) in [5.74, 6) is 4.57. The van der Waals surface area contributed by atoms with E-state index in [1.54, 1.807) is 0 Å². The van der Waals surface area contributed by atoms with Gasteiger partial charge in [0.25, 0.3) is 0 Å². The van der Waals surface area contributed by atoms with Crippen LogP contribution < -0.4 is 0 Å². The minimum atomic E-state index is 0.723. The Hall–Kier alpha value is 0.540. The topological polar surface area (TPSA) is 24.9 Å². The maximum absolute atomic E-state index is 5.61. The van der Waals surface area contributed by atoms with E-state index in [2.05, 4.69) is 37.5 Å². The van der Waals surface area contributed by atoms with Gasteiger partial charge in [0.1, 0.15) is 0 Å². The van der Waals surface area contributed by atoms with Gasteiger partial charge in [0, 0.05) is 36.1 Å². The Labute approximate surface area is 159 Å². The van der Waals surface area contributed by atoms with Crippen molar-refractivity contribution < 1.29 is 9.47 Å². The van der Waals surface area contributed by atoms with Crippen molar-refractivity contribution in [3.63, 3.8) is 0 Å². The molecule has 0 aromatic heterocycles. The van der Waals surface area contributed by atoms with Gasteiger partial charge < -0.3 is 19.3 Å². The molecule has 6 heteroatoms. The third-order valence-electron chi connectivity index (χ3n) is 4.01. The van der Waals surface area contributed by atoms with Crippen LogP contribution in [0.5, 0.6) is 0 Å². The summed E-state index contributed by atoms with van der Waals surface area (Å²) in [5, 5.41) is 0. The molecular weight excluding hydrogens is 340 g/mol. The molecule has 0 saturated carbocycles. The largest absolute Gasteiger partial charge is 0.378 e. The van der Waals surface area contributed by atoms with Crippen molar-refractivity contribution in [2.75, 3.05) is 88.7 Å². The lowest BCUT2D eigenvalue weighted by Gasteiger charge is -2.17. The summed E-state index contributed by atoms with van der Waals surface area (Å²) in [6.45, 7) is 19.0. The zero-order valence-corrected chi connectivity index (χ0v) is 18.1. The van der Waals surface area contributed by atoms with Gasteiger partial charge in [-0.05, 0) is 26.2 Å². The molecule has 24 heavy (non-hydrogen) atoms. The number of thioether (sulfide) groups is 2. The van der Waals surface area contributed by atoms with Crippen LogP contribution in [0, 0.1) is 0 Å². The molecule has 0 unspecified atom stereocenters. The standard InChI is InChI=1S/C18H40N2O2S2/c1-5-19(6-2)9-15-23-17-13-21-11-12-22-14-18-24-16-10-20(7-3)8-4/h5-18H2,1-4H3. The predicted octanol–water partition coefficient (Wildman–Crippen LogP) is 3.17. The molecule has 0 saturated heterocycles. The fraction of sp³-hybridized carbons (Fsp3) is 1.00. The second-order valence-corrected chi connectivity index (χ2v) is 7.95. The summed E-state index contributed by atoms with van der Waals surface area (Å²) in [4.78, 5) is 4.92. The maximum Gasteiger partial charge on any atom is 0.0700 e. The highest BCUT2D eigenvalue weighted by Crippen LogP contribution is 2.02. The van der Waals surface area contributed by atoms with Crippen LogP contribution in [0.4, 0.5) is 0 Å². The van der Waals surface area contributed by atoms with Crippen molar-refractivity contribution in [1.29, 1.82) is 0 Å². The normalized spacial score (nSPS) is 11.8. The van der Waals surface area contributed by atoms with E-state index in [4.69, 9.17) is 9.47 Å². The predicted molar refractivity (Wildman–Crippen MR) is 112 cm³/mol. The van der Waals surface area contributed by atoms with Gasteiger partial charge in [0.15, 0.2) is 0 Å². The number of hydrogen-bond acceptors (Lipinski definition) is 6. The quantitative estimate of drug-likeness (QED) is 0.319. The lowest BCUT2D eigenvalue weighted by atomic mass is 10.5. The van der Waals surface area contributed by atoms with E-state index in [1.807, 2.05) is 23.5 Å². The lowest BCUT2D eigenvalue weighted by Crippen LogP contribution is -2.25. The van der Waals surface area contributed by atoms with E-state index in [9.17, 15) is 0 Å². The second kappa shape index (κ2) is 19.9. The van der Waals surface area contributed by atoms with E-state index in [-0.39, 0.29) is 0 Å². The molecule has 0 aromatic rings. The maximum atomic E-state index is 5.61. The van der Waals surface area contributed by atoms with Gasteiger partial charge >= 0.3 is 0 Å². The summed E-state index contributed by atoms with van der Waals surface area (Å²) in [5.41, 5.74) is 0. The van der Waals surface area contributed by atoms with Crippen LogP contribution in [0.15, 0.2) is 0 Å². The summed E-state index contributed by atoms with van der Waals surface area (Å²) < 4.78 is 11.2. The first-order valence-corrected chi connectivity index (χ1v) is 11.8. The minimum Gasteiger partial charge on any atom is -0.378 e. The number of rotatable bonds is 19. The molecule has 0 atom stereocenters. The second-order valence-electron chi connectivity index (χ2n) is 5.50. The van der Waals surface area contributed by atoms with Gasteiger partial charge in [0.05, 0.1) is 26.4 Å². The van der Waals surface area contributed by atoms with Crippen molar-refractivity contribution in [2.45, 2.75) is 27.7 Å². The van der Waals surface area contributed by atoms with Crippen LogP contribution in [0.1, 0.15) is 27.7 Å². The Morgan fingerprint density at radius 3 is 1.25 bits per heavy atom. The SMILES string of the molecule is CCN(CC)CCSCCOCCOCCSCCN(CC)CC. The van der Waals surface area contributed by atoms with Crippen LogP contribution in [0.25, 0.3) is 0 Å². The first-order chi connectivity index (χ1) is 11.8. The van der Waals surface area contributed by atoms with Crippen molar-refractivity contribution >= 4 is 23.5 Å². The number of nitrogens with zero attached hydrogens (tertiary/aromatic N) is 2. The molecule has 4 nitrogen and oxygen atoms in total. The lowest BCUT2D eigenvalue weighted by molar-refractivity contribution is 0.0605. The van der Waals surface area contributed by atoms with Gasteiger partial charge in [-0.2, -0.15) is 23.5 Å². The van der Waals surface area contributed by atoms with Gasteiger partial charge in [-0.15, -0.1) is 0 Å². The fourth-order valence-corrected chi connectivity index (χ4v) is 3.88. The molecule has 0 aromatic carbocycles. The van der Waals surface area contributed by atoms with Crippen LogP contribution in [-0.2, 0) is 9.47 Å². The van der Waals surface area contributed by atoms with Crippen molar-refractivity contribution in [2.24, 2.45) is 0 Å². The number of hydrogen-bond donors (Lipinski definition) is 0. The summed E-state index contributed by atoms with van der Waals surface area (Å²) in [6, 6.07) is 0. The van der Waals surface area contributed by atoms with Gasteiger partial charge in [-0.25, -0.2) is 0 Å².